The summed E-state index contributed by atoms with van der Waals surface area (Å²) >= 11 is 0. The van der Waals surface area contributed by atoms with Crippen LogP contribution in [-0.2, 0) is 25.7 Å². The van der Waals surface area contributed by atoms with Crippen molar-refractivity contribution in [1.82, 2.24) is 10.2 Å². The van der Waals surface area contributed by atoms with Crippen molar-refractivity contribution in [3.8, 4) is 17.6 Å². The monoisotopic (exact) mass is 606 g/mol. The molecule has 0 bridgehead atoms. The van der Waals surface area contributed by atoms with Gasteiger partial charge in [-0.3, -0.25) is 19.4 Å². The number of hydrogen-bond acceptors (Lipinski definition) is 8. The molecule has 11 nitrogen and oxygen atoms in total. The van der Waals surface area contributed by atoms with E-state index in [4.69, 9.17) is 19.9 Å². The van der Waals surface area contributed by atoms with Crippen LogP contribution in [0, 0.1) is 11.8 Å². The smallest absolute Gasteiger partial charge is 0.332 e. The lowest BCUT2D eigenvalue weighted by molar-refractivity contribution is -0.180. The number of amides is 4. The number of ether oxygens (including phenoxy) is 3. The van der Waals surface area contributed by atoms with Gasteiger partial charge >= 0.3 is 6.03 Å². The number of fused-ring (bicyclic) bond motifs is 1. The number of carbonyl (C=O) groups is 3. The zero-order valence-corrected chi connectivity index (χ0v) is 25.5. The van der Waals surface area contributed by atoms with Crippen LogP contribution in [0.5, 0.6) is 5.75 Å². The Kier molecular flexibility index (Phi) is 11.7. The van der Waals surface area contributed by atoms with E-state index in [0.717, 1.165) is 54.0 Å². The van der Waals surface area contributed by atoms with Crippen LogP contribution in [0.25, 0.3) is 0 Å². The van der Waals surface area contributed by atoms with E-state index in [1.54, 1.807) is 18.2 Å². The van der Waals surface area contributed by atoms with Gasteiger partial charge in [0, 0.05) is 50.2 Å². The number of carbonyl (C=O) groups excluding carboxylic acids is 3. The fourth-order valence-electron chi connectivity index (χ4n) is 4.92. The van der Waals surface area contributed by atoms with Crippen LogP contribution in [0.1, 0.15) is 68.7 Å². The Labute approximate surface area is 258 Å². The molecule has 1 fully saturated rings. The summed E-state index contributed by atoms with van der Waals surface area (Å²) in [5, 5.41) is 13.9. The molecule has 0 radical (unpaired) electrons. The van der Waals surface area contributed by atoms with Crippen molar-refractivity contribution < 1.29 is 33.7 Å². The van der Waals surface area contributed by atoms with Crippen LogP contribution in [-0.4, -0.2) is 73.0 Å². The second-order valence-corrected chi connectivity index (χ2v) is 11.3. The Bertz CT molecular complexity index is 1380. The van der Waals surface area contributed by atoms with Crippen LogP contribution >= 0.6 is 0 Å². The molecule has 0 aromatic heterocycles. The minimum atomic E-state index is -0.741. The van der Waals surface area contributed by atoms with Gasteiger partial charge in [-0.2, -0.15) is 0 Å². The zero-order chi connectivity index (χ0) is 31.5. The highest BCUT2D eigenvalue weighted by Gasteiger charge is 2.37. The summed E-state index contributed by atoms with van der Waals surface area (Å²) < 4.78 is 17.2. The summed E-state index contributed by atoms with van der Waals surface area (Å²) in [6.07, 6.45) is 4.14. The molecule has 0 unspecified atom stereocenters. The molecule has 236 valence electrons. The lowest BCUT2D eigenvalue weighted by Gasteiger charge is -2.33. The molecule has 4 N–H and O–H groups in total. The van der Waals surface area contributed by atoms with Gasteiger partial charge in [0.25, 0.3) is 5.91 Å². The predicted octanol–water partition coefficient (Wildman–Crippen LogP) is 3.23. The van der Waals surface area contributed by atoms with E-state index in [2.05, 4.69) is 17.2 Å². The molecule has 1 saturated heterocycles. The van der Waals surface area contributed by atoms with Gasteiger partial charge in [-0.25, -0.2) is 4.79 Å². The summed E-state index contributed by atoms with van der Waals surface area (Å²) in [7, 11) is 0. The van der Waals surface area contributed by atoms with Crippen LogP contribution in [0.4, 0.5) is 10.5 Å². The number of urea groups is 1. The molecule has 2 aromatic carbocycles. The average molecular weight is 607 g/mol. The summed E-state index contributed by atoms with van der Waals surface area (Å²) in [6.45, 7) is 6.21. The number of aliphatic hydroxyl groups is 1. The molecule has 4 rings (SSSR count). The number of nitrogens with zero attached hydrogens (tertiary/aromatic N) is 2. The fourth-order valence-corrected chi connectivity index (χ4v) is 4.92. The predicted molar refractivity (Wildman–Crippen MR) is 165 cm³/mol. The maximum Gasteiger partial charge on any atom is 0.332 e. The molecular weight excluding hydrogens is 564 g/mol. The number of benzene rings is 2. The van der Waals surface area contributed by atoms with Crippen molar-refractivity contribution in [2.75, 3.05) is 44.3 Å². The highest BCUT2D eigenvalue weighted by Crippen LogP contribution is 2.32. The number of rotatable bonds is 15. The minimum absolute atomic E-state index is 0.141. The molecule has 0 aliphatic carbocycles. The highest BCUT2D eigenvalue weighted by molar-refractivity contribution is 6.13. The Hall–Kier alpha value is -3.95. The van der Waals surface area contributed by atoms with Crippen LogP contribution in [0.15, 0.2) is 42.5 Å². The van der Waals surface area contributed by atoms with E-state index in [1.165, 1.54) is 4.90 Å². The van der Waals surface area contributed by atoms with Crippen molar-refractivity contribution >= 4 is 23.5 Å². The number of primary amides is 1. The minimum Gasteiger partial charge on any atom is -0.463 e. The van der Waals surface area contributed by atoms with Crippen molar-refractivity contribution in [3.05, 3.63) is 59.2 Å². The second-order valence-electron chi connectivity index (χ2n) is 11.3. The molecule has 2 heterocycles. The highest BCUT2D eigenvalue weighted by atomic mass is 16.7. The number of anilines is 1. The van der Waals surface area contributed by atoms with Crippen LogP contribution in [0.2, 0.25) is 0 Å². The summed E-state index contributed by atoms with van der Waals surface area (Å²) in [4.78, 5) is 37.9. The third-order valence-corrected chi connectivity index (χ3v) is 7.26. The van der Waals surface area contributed by atoms with Crippen molar-refractivity contribution in [1.29, 1.82) is 0 Å². The third-order valence-electron chi connectivity index (χ3n) is 7.26. The maximum atomic E-state index is 12.5. The van der Waals surface area contributed by atoms with Crippen molar-refractivity contribution in [3.63, 3.8) is 0 Å². The summed E-state index contributed by atoms with van der Waals surface area (Å²) in [6, 6.07) is 12.2. The van der Waals surface area contributed by atoms with Gasteiger partial charge in [0.15, 0.2) is 0 Å². The van der Waals surface area contributed by atoms with Gasteiger partial charge in [-0.05, 0) is 55.3 Å². The van der Waals surface area contributed by atoms with Gasteiger partial charge in [-0.15, -0.1) is 0 Å². The second kappa shape index (κ2) is 15.7. The Morgan fingerprint density at radius 3 is 2.77 bits per heavy atom. The number of nitrogens with one attached hydrogen (secondary N) is 1. The number of nitrogens with two attached hydrogens (primary N) is 1. The number of unbranched alkanes of at least 4 members (excludes halogenated alkanes) is 3. The van der Waals surface area contributed by atoms with E-state index in [0.29, 0.717) is 44.0 Å². The first kappa shape index (κ1) is 33.0. The van der Waals surface area contributed by atoms with E-state index in [1.807, 2.05) is 38.1 Å². The number of imide groups is 1. The first-order chi connectivity index (χ1) is 21.1. The van der Waals surface area contributed by atoms with Gasteiger partial charge in [-0.1, -0.05) is 36.8 Å². The lowest BCUT2D eigenvalue weighted by atomic mass is 10.0. The quantitative estimate of drug-likeness (QED) is 0.159. The van der Waals surface area contributed by atoms with E-state index in [-0.39, 0.29) is 6.54 Å². The molecule has 0 saturated carbocycles. The lowest BCUT2D eigenvalue weighted by Crippen LogP contribution is -2.39. The van der Waals surface area contributed by atoms with Crippen LogP contribution < -0.4 is 20.7 Å². The molecular formula is C33H42N4O7. The van der Waals surface area contributed by atoms with Crippen molar-refractivity contribution in [2.24, 2.45) is 5.73 Å². The maximum absolute atomic E-state index is 12.5. The average Bonchev–Trinajstić information content (AvgIpc) is 3.27. The molecule has 2 aliphatic heterocycles. The van der Waals surface area contributed by atoms with Gasteiger partial charge in [0.05, 0.1) is 19.3 Å². The number of aliphatic hydroxyl groups excluding tert-OH is 1. The molecule has 4 amide bonds. The standard InChI is InChI=1S/C33H42N4O7/c1-33(2)43-23-26-19-25(13-14-29(26)44-33)28(38)20-35-15-6-3-4-7-16-42-17-8-5-10-24-11-9-12-27(18-24)36-22-31(40)37(32(36)41)21-30(34)39/h9,11-14,18-19,28,35,38H,3-4,6-8,15-17,20-23H2,1-2H3,(H2,34,39)/t28-/m1/s1. The molecule has 11 heteroatoms. The van der Waals surface area contributed by atoms with E-state index in [9.17, 15) is 19.5 Å². The first-order valence-electron chi connectivity index (χ1n) is 15.0. The molecule has 1 atom stereocenters. The Morgan fingerprint density at radius 2 is 1.95 bits per heavy atom. The summed E-state index contributed by atoms with van der Waals surface area (Å²) in [5.41, 5.74) is 8.19. The molecule has 2 aromatic rings. The first-order valence-corrected chi connectivity index (χ1v) is 15.0. The molecule has 44 heavy (non-hydrogen) atoms. The Morgan fingerprint density at radius 1 is 1.14 bits per heavy atom. The fraction of sp³-hybridized carbons (Fsp3) is 0.485. The van der Waals surface area contributed by atoms with Crippen molar-refractivity contribution in [2.45, 2.75) is 64.4 Å². The third kappa shape index (κ3) is 9.53. The topological polar surface area (TPSA) is 144 Å². The van der Waals surface area contributed by atoms with Gasteiger partial charge < -0.3 is 30.4 Å². The largest absolute Gasteiger partial charge is 0.463 e. The SMILES string of the molecule is CC1(C)OCc2cc([C@H](O)CNCCCCCCOCCC#Cc3cccc(N4CC(=O)N(CC(N)=O)C4=O)c3)ccc2O1. The van der Waals surface area contributed by atoms with E-state index >= 15 is 0 Å². The number of hydrogen-bond donors (Lipinski definition) is 3. The Balaban J connectivity index is 1.03. The van der Waals surface area contributed by atoms with Gasteiger partial charge in [0.2, 0.25) is 11.7 Å². The van der Waals surface area contributed by atoms with Gasteiger partial charge in [0.1, 0.15) is 18.8 Å². The molecule has 2 aliphatic rings. The molecule has 0 spiro atoms. The zero-order valence-electron chi connectivity index (χ0n) is 25.5. The van der Waals surface area contributed by atoms with Crippen LogP contribution in [0.3, 0.4) is 0 Å². The normalized spacial score (nSPS) is 16.2. The summed E-state index contributed by atoms with van der Waals surface area (Å²) in [5.74, 6) is 5.12. The van der Waals surface area contributed by atoms with E-state index < -0.39 is 36.3 Å².